The van der Waals surface area contributed by atoms with Crippen molar-refractivity contribution in [3.05, 3.63) is 121 Å². The lowest BCUT2D eigenvalue weighted by molar-refractivity contribution is -0.0841. The summed E-state index contributed by atoms with van der Waals surface area (Å²) in [5.74, 6) is -3.87. The summed E-state index contributed by atoms with van der Waals surface area (Å²) in [5.41, 5.74) is -2.39. The van der Waals surface area contributed by atoms with Crippen LogP contribution in [0.15, 0.2) is 121 Å². The Hall–Kier alpha value is -3.00. The first-order chi connectivity index (χ1) is 22.5. The van der Waals surface area contributed by atoms with Gasteiger partial charge in [-0.25, -0.2) is 8.42 Å². The van der Waals surface area contributed by atoms with Crippen LogP contribution in [0.5, 0.6) is 0 Å². The number of halogens is 2. The monoisotopic (exact) mass is 708 g/mol. The minimum Gasteiger partial charge on any atom is -0.405 e. The molecule has 0 amide bonds. The summed E-state index contributed by atoms with van der Waals surface area (Å²) in [6, 6.07) is 38.7. The van der Waals surface area contributed by atoms with Gasteiger partial charge in [0.25, 0.3) is 16.6 Å². The van der Waals surface area contributed by atoms with Crippen LogP contribution in [0.4, 0.5) is 8.78 Å². The molecule has 1 aliphatic heterocycles. The smallest absolute Gasteiger partial charge is 0.314 e. The summed E-state index contributed by atoms with van der Waals surface area (Å²) in [5, 5.41) is 2.46. The second-order valence-corrected chi connectivity index (χ2v) is 25.3. The molecule has 4 aromatic carbocycles. The zero-order valence-corrected chi connectivity index (χ0v) is 31.5. The van der Waals surface area contributed by atoms with Gasteiger partial charge in [0.1, 0.15) is 12.2 Å². The average Bonchev–Trinajstić information content (AvgIpc) is 3.29. The molecule has 10 heteroatoms. The van der Waals surface area contributed by atoms with Gasteiger partial charge in [-0.1, -0.05) is 163 Å². The largest absolute Gasteiger partial charge is 0.405 e. The maximum atomic E-state index is 16.8. The van der Waals surface area contributed by atoms with Gasteiger partial charge in [0, 0.05) is 6.26 Å². The van der Waals surface area contributed by atoms with Gasteiger partial charge in [-0.3, -0.25) is 0 Å². The molecule has 256 valence electrons. The first kappa shape index (κ1) is 36.3. The first-order valence-electron chi connectivity index (χ1n) is 16.2. The summed E-state index contributed by atoms with van der Waals surface area (Å²) < 4.78 is 79.5. The Kier molecular flexibility index (Phi) is 10.1. The van der Waals surface area contributed by atoms with Gasteiger partial charge in [-0.05, 0) is 30.8 Å². The number of hydrogen-bond acceptors (Lipinski definition) is 5. The van der Waals surface area contributed by atoms with E-state index in [1.54, 1.807) is 0 Å². The second kappa shape index (κ2) is 13.4. The Bertz CT molecular complexity index is 1680. The lowest BCUT2D eigenvalue weighted by Crippen LogP contribution is -2.70. The number of alkyl halides is 2. The van der Waals surface area contributed by atoms with E-state index >= 15 is 8.78 Å². The van der Waals surface area contributed by atoms with Crippen molar-refractivity contribution in [3.8, 4) is 0 Å². The van der Waals surface area contributed by atoms with Crippen LogP contribution in [0.3, 0.4) is 0 Å². The number of sulfone groups is 1. The van der Waals surface area contributed by atoms with E-state index in [2.05, 4.69) is 20.8 Å². The number of hydrogen-bond donors (Lipinski definition) is 0. The van der Waals surface area contributed by atoms with Crippen LogP contribution in [0, 0.1) is 0 Å². The van der Waals surface area contributed by atoms with Crippen LogP contribution < -0.4 is 20.7 Å². The van der Waals surface area contributed by atoms with Gasteiger partial charge < -0.3 is 13.6 Å². The van der Waals surface area contributed by atoms with Crippen molar-refractivity contribution in [2.75, 3.05) is 12.9 Å². The minimum absolute atomic E-state index is 0.294. The van der Waals surface area contributed by atoms with Crippen LogP contribution in [0.25, 0.3) is 0 Å². The molecule has 0 aromatic heterocycles. The van der Waals surface area contributed by atoms with Crippen molar-refractivity contribution in [2.24, 2.45) is 0 Å². The highest BCUT2D eigenvalue weighted by atomic mass is 32.2. The van der Waals surface area contributed by atoms with E-state index in [0.29, 0.717) is 0 Å². The van der Waals surface area contributed by atoms with Crippen LogP contribution in [0.1, 0.15) is 41.5 Å². The lowest BCUT2D eigenvalue weighted by Gasteiger charge is -2.46. The third kappa shape index (κ3) is 6.50. The summed E-state index contributed by atoms with van der Waals surface area (Å²) in [6.07, 6.45) is -2.51. The van der Waals surface area contributed by atoms with Gasteiger partial charge in [0.2, 0.25) is 5.44 Å². The van der Waals surface area contributed by atoms with Crippen molar-refractivity contribution in [2.45, 2.75) is 75.2 Å². The predicted molar refractivity (Wildman–Crippen MR) is 195 cm³/mol. The molecule has 48 heavy (non-hydrogen) atoms. The summed E-state index contributed by atoms with van der Waals surface area (Å²) in [6.45, 7) is 12.0. The molecule has 1 heterocycles. The molecule has 3 atom stereocenters. The Morgan fingerprint density at radius 1 is 0.646 bits per heavy atom. The highest BCUT2D eigenvalue weighted by molar-refractivity contribution is 7.91. The van der Waals surface area contributed by atoms with E-state index in [-0.39, 0.29) is 6.61 Å². The van der Waals surface area contributed by atoms with E-state index in [1.165, 1.54) is 0 Å². The molecule has 0 bridgehead atoms. The Labute approximate surface area is 286 Å². The third-order valence-corrected chi connectivity index (χ3v) is 20.5. The average molecular weight is 709 g/mol. The van der Waals surface area contributed by atoms with Gasteiger partial charge in [0.15, 0.2) is 9.84 Å². The highest BCUT2D eigenvalue weighted by Crippen LogP contribution is 2.46. The van der Waals surface area contributed by atoms with Crippen molar-refractivity contribution in [1.82, 2.24) is 0 Å². The van der Waals surface area contributed by atoms with E-state index in [4.69, 9.17) is 13.6 Å². The molecule has 2 unspecified atom stereocenters. The zero-order valence-electron chi connectivity index (χ0n) is 28.7. The van der Waals surface area contributed by atoms with Gasteiger partial charge in [-0.2, -0.15) is 8.78 Å². The molecule has 1 aliphatic rings. The van der Waals surface area contributed by atoms with Crippen LogP contribution in [0.2, 0.25) is 10.1 Å². The fourth-order valence-electron chi connectivity index (χ4n) is 7.22. The van der Waals surface area contributed by atoms with Crippen molar-refractivity contribution < 1.29 is 30.8 Å². The molecule has 0 N–H and O–H groups in total. The molecule has 0 saturated carbocycles. The summed E-state index contributed by atoms with van der Waals surface area (Å²) in [7, 11) is -11.1. The lowest BCUT2D eigenvalue weighted by atomic mass is 10.1. The summed E-state index contributed by atoms with van der Waals surface area (Å²) >= 11 is 0. The normalized spacial score (nSPS) is 20.5. The molecule has 0 spiro atoms. The SMILES string of the molecule is CC(C)(C)[Si](OC[C@H]1OC(S(C)(=O)=O)C(F)(F)C1O[Si](c1ccccc1)(c1ccccc1)C(C)(C)C)(c1ccccc1)c1ccccc1. The first-order valence-corrected chi connectivity index (χ1v) is 22.0. The fraction of sp³-hybridized carbons (Fsp3) is 0.368. The molecule has 0 radical (unpaired) electrons. The molecule has 0 aliphatic carbocycles. The maximum Gasteiger partial charge on any atom is 0.314 e. The van der Waals surface area contributed by atoms with Crippen molar-refractivity contribution >= 4 is 47.2 Å². The number of benzene rings is 4. The molecule has 4 aromatic rings. The maximum absolute atomic E-state index is 16.8. The highest BCUT2D eigenvalue weighted by Gasteiger charge is 2.67. The second-order valence-electron chi connectivity index (χ2n) is 14.7. The quantitative estimate of drug-likeness (QED) is 0.192. The molecule has 1 saturated heterocycles. The molecule has 5 rings (SSSR count). The predicted octanol–water partition coefficient (Wildman–Crippen LogP) is 5.91. The molecule has 5 nitrogen and oxygen atoms in total. The number of ether oxygens (including phenoxy) is 1. The van der Waals surface area contributed by atoms with Gasteiger partial charge in [0.05, 0.1) is 6.61 Å². The van der Waals surface area contributed by atoms with Crippen LogP contribution >= 0.6 is 0 Å². The van der Waals surface area contributed by atoms with Crippen LogP contribution in [-0.4, -0.2) is 61.5 Å². The Balaban J connectivity index is 1.68. The van der Waals surface area contributed by atoms with Crippen molar-refractivity contribution in [1.29, 1.82) is 0 Å². The Morgan fingerprint density at radius 3 is 1.29 bits per heavy atom. The van der Waals surface area contributed by atoms with E-state index in [0.717, 1.165) is 27.0 Å². The Morgan fingerprint density at radius 2 is 0.979 bits per heavy atom. The summed E-state index contributed by atoms with van der Waals surface area (Å²) in [4.78, 5) is 0. The number of rotatable bonds is 10. The standard InChI is InChI=1S/C38H46F2O5SSi2/c1-36(2,3)47(29-20-12-8-13-21-29,30-22-14-9-15-23-30)43-28-33-34(38(39,40)35(44-33)46(7,41)42)45-48(37(4,5)6,31-24-16-10-17-25-31)32-26-18-11-19-27-32/h8-27,33-35H,28H2,1-7H3/t33-,34?,35?/m1/s1. The molecular formula is C38H46F2O5SSi2. The van der Waals surface area contributed by atoms with Gasteiger partial charge >= 0.3 is 5.92 Å². The van der Waals surface area contributed by atoms with E-state index < -0.39 is 60.1 Å². The van der Waals surface area contributed by atoms with E-state index in [1.807, 2.05) is 142 Å². The molecular weight excluding hydrogens is 663 g/mol. The molecule has 1 fully saturated rings. The minimum atomic E-state index is -4.36. The van der Waals surface area contributed by atoms with Gasteiger partial charge in [-0.15, -0.1) is 0 Å². The zero-order chi connectivity index (χ0) is 35.0. The topological polar surface area (TPSA) is 61.8 Å². The third-order valence-electron chi connectivity index (χ3n) is 9.32. The van der Waals surface area contributed by atoms with Crippen molar-refractivity contribution in [3.63, 3.8) is 0 Å². The van der Waals surface area contributed by atoms with Crippen LogP contribution in [-0.2, 0) is 23.4 Å². The van der Waals surface area contributed by atoms with E-state index in [9.17, 15) is 8.42 Å². The fourth-order valence-corrected chi connectivity index (χ4v) is 17.5.